The molecular weight excluding hydrogens is 789 g/mol. The number of aliphatic hydroxyl groups is 2. The molecule has 61 heavy (non-hydrogen) atoms. The number of phenols is 2. The average molecular weight is 847 g/mol. The highest BCUT2D eigenvalue weighted by Gasteiger charge is 2.50. The minimum absolute atomic E-state index is 0.000172. The number of phenolic OH excluding ortho intramolecular Hbond substituents is 2. The van der Waals surface area contributed by atoms with E-state index in [1.165, 1.54) is 46.3 Å². The normalized spacial score (nSPS) is 32.2. The Morgan fingerprint density at radius 3 is 2.23 bits per heavy atom. The third-order valence-corrected chi connectivity index (χ3v) is 12.8. The average Bonchev–Trinajstić information content (AvgIpc) is 3.73. The molecule has 1 spiro atoms. The van der Waals surface area contributed by atoms with E-state index in [9.17, 15) is 39.6 Å². The van der Waals surface area contributed by atoms with Gasteiger partial charge in [-0.15, -0.1) is 0 Å². The number of ketones is 1. The number of hydrogen-bond acceptors (Lipinski definition) is 14. The van der Waals surface area contributed by atoms with Gasteiger partial charge in [0.25, 0.3) is 11.7 Å². The van der Waals surface area contributed by atoms with Crippen molar-refractivity contribution in [3.63, 3.8) is 0 Å². The van der Waals surface area contributed by atoms with Gasteiger partial charge in [-0.1, -0.05) is 52.8 Å². The summed E-state index contributed by atoms with van der Waals surface area (Å²) < 4.78 is 23.9. The maximum atomic E-state index is 14.7. The fourth-order valence-electron chi connectivity index (χ4n) is 8.93. The van der Waals surface area contributed by atoms with Crippen molar-refractivity contribution >= 4 is 40.0 Å². The Balaban J connectivity index is 1.55. The molecule has 0 radical (unpaired) electrons. The predicted molar refractivity (Wildman–Crippen MR) is 223 cm³/mol. The fraction of sp³-hybridized carbons (Fsp3) is 0.556. The molecule has 2 aromatic carbocycles. The van der Waals surface area contributed by atoms with E-state index in [1.807, 2.05) is 0 Å². The lowest BCUT2D eigenvalue weighted by Crippen LogP contribution is -2.46. The van der Waals surface area contributed by atoms with Crippen molar-refractivity contribution in [2.75, 3.05) is 25.5 Å². The third-order valence-electron chi connectivity index (χ3n) is 12.8. The zero-order valence-corrected chi connectivity index (χ0v) is 36.4. The first-order valence-electron chi connectivity index (χ1n) is 20.8. The van der Waals surface area contributed by atoms with Crippen LogP contribution >= 0.6 is 0 Å². The van der Waals surface area contributed by atoms with Crippen LogP contribution in [0.1, 0.15) is 90.6 Å². The number of likely N-dealkylation sites (tertiary alicyclic amines) is 1. The number of aromatic hydroxyl groups is 2. The number of nitrogens with one attached hydrogen (secondary N) is 1. The number of amides is 2. The van der Waals surface area contributed by atoms with Crippen molar-refractivity contribution in [3.05, 3.63) is 58.0 Å². The van der Waals surface area contributed by atoms with Crippen LogP contribution in [-0.2, 0) is 28.6 Å². The lowest BCUT2D eigenvalue weighted by Gasteiger charge is -2.38. The van der Waals surface area contributed by atoms with Crippen LogP contribution in [0.4, 0.5) is 5.69 Å². The lowest BCUT2D eigenvalue weighted by atomic mass is 9.78. The SMILES string of the molecule is CCC(=O)N1CCC2(CC1)N=c1c3c(O)c4c(O)c(C)c5c(c4c1=N2)C(=O)C(C)(O/C=C/C(OC)C(C)C(OC(C)=O)C(C)C(O)C(C)C(O)C(C)/C=C/C=C(/C)C(=O)N3)O5. The number of fused-ring (bicyclic) bond motifs is 1. The maximum Gasteiger partial charge on any atom is 0.312 e. The van der Waals surface area contributed by atoms with Gasteiger partial charge in [0, 0.05) is 93.5 Å². The number of Topliss-reactive ketones (excluding diaryl/α,β-unsaturated/α-hetero) is 1. The molecule has 0 aromatic heterocycles. The predicted octanol–water partition coefficient (Wildman–Crippen LogP) is 4.03. The van der Waals surface area contributed by atoms with Crippen LogP contribution in [0, 0.1) is 30.6 Å². The summed E-state index contributed by atoms with van der Waals surface area (Å²) in [5.41, 5.74) is -0.924. The highest BCUT2D eigenvalue weighted by molar-refractivity contribution is 6.19. The number of carbonyl (C=O) groups excluding carboxylic acids is 4. The molecule has 9 atom stereocenters. The molecule has 1 saturated heterocycles. The molecule has 330 valence electrons. The number of hydrogen-bond donors (Lipinski definition) is 5. The number of nitrogens with zero attached hydrogens (tertiary/aromatic N) is 3. The summed E-state index contributed by atoms with van der Waals surface area (Å²) in [5, 5.41) is 49.7. The molecule has 4 aliphatic heterocycles. The number of piperidine rings is 1. The van der Waals surface area contributed by atoms with E-state index in [-0.39, 0.29) is 55.5 Å². The maximum absolute atomic E-state index is 14.7. The van der Waals surface area contributed by atoms with Crippen LogP contribution in [0.5, 0.6) is 17.2 Å². The minimum atomic E-state index is -2.00. The zero-order chi connectivity index (χ0) is 44.9. The molecule has 2 amide bonds. The Kier molecular flexibility index (Phi) is 12.8. The van der Waals surface area contributed by atoms with Crippen molar-refractivity contribution in [3.8, 4) is 17.2 Å². The Morgan fingerprint density at radius 1 is 0.951 bits per heavy atom. The monoisotopic (exact) mass is 846 g/mol. The molecule has 1 fully saturated rings. The topological polar surface area (TPSA) is 226 Å². The van der Waals surface area contributed by atoms with Gasteiger partial charge in [-0.25, -0.2) is 0 Å². The second-order valence-electron chi connectivity index (χ2n) is 17.0. The molecule has 2 aromatic rings. The zero-order valence-electron chi connectivity index (χ0n) is 36.4. The van der Waals surface area contributed by atoms with Crippen molar-refractivity contribution < 1.29 is 58.6 Å². The molecule has 5 N–H and O–H groups in total. The number of esters is 1. The van der Waals surface area contributed by atoms with Crippen LogP contribution in [0.25, 0.3) is 10.8 Å². The smallest absolute Gasteiger partial charge is 0.312 e. The van der Waals surface area contributed by atoms with Crippen molar-refractivity contribution in [1.29, 1.82) is 0 Å². The van der Waals surface area contributed by atoms with Gasteiger partial charge in [0.1, 0.15) is 28.6 Å². The number of methoxy groups -OCH3 is 1. The summed E-state index contributed by atoms with van der Waals surface area (Å²) >= 11 is 0. The van der Waals surface area contributed by atoms with E-state index in [2.05, 4.69) is 5.32 Å². The lowest BCUT2D eigenvalue weighted by molar-refractivity contribution is -0.160. The second kappa shape index (κ2) is 17.2. The first-order valence-corrected chi connectivity index (χ1v) is 20.8. The number of carbonyl (C=O) groups is 4. The number of rotatable bonds is 3. The largest absolute Gasteiger partial charge is 0.507 e. The number of aliphatic hydroxyl groups excluding tert-OH is 2. The Morgan fingerprint density at radius 2 is 1.61 bits per heavy atom. The van der Waals surface area contributed by atoms with Gasteiger partial charge in [-0.2, -0.15) is 0 Å². The van der Waals surface area contributed by atoms with Crippen LogP contribution in [0.2, 0.25) is 0 Å². The molecule has 4 aliphatic rings. The van der Waals surface area contributed by atoms with E-state index < -0.39 is 88.7 Å². The van der Waals surface area contributed by atoms with Crippen LogP contribution in [0.15, 0.2) is 46.1 Å². The summed E-state index contributed by atoms with van der Waals surface area (Å²) in [6.45, 7) is 15.2. The molecule has 16 heteroatoms. The Labute approximate surface area is 354 Å². The summed E-state index contributed by atoms with van der Waals surface area (Å²) in [4.78, 5) is 65.4. The third kappa shape index (κ3) is 8.12. The molecule has 6 rings (SSSR count). The van der Waals surface area contributed by atoms with Crippen molar-refractivity contribution in [2.24, 2.45) is 33.7 Å². The number of allylic oxidation sites excluding steroid dienone is 2. The second-order valence-corrected chi connectivity index (χ2v) is 17.0. The van der Waals surface area contributed by atoms with E-state index in [0.29, 0.717) is 32.4 Å². The van der Waals surface area contributed by atoms with E-state index in [1.54, 1.807) is 58.6 Å². The number of benzene rings is 2. The summed E-state index contributed by atoms with van der Waals surface area (Å²) in [5.74, 6) is -7.27. The summed E-state index contributed by atoms with van der Waals surface area (Å²) in [6.07, 6.45) is 4.72. The molecule has 4 heterocycles. The van der Waals surface area contributed by atoms with Gasteiger partial charge in [0.2, 0.25) is 5.91 Å². The van der Waals surface area contributed by atoms with Gasteiger partial charge in [0.15, 0.2) is 11.4 Å². The van der Waals surface area contributed by atoms with Gasteiger partial charge in [-0.05, 0) is 19.9 Å². The molecule has 16 nitrogen and oxygen atoms in total. The van der Waals surface area contributed by atoms with Crippen molar-refractivity contribution in [1.82, 2.24) is 4.90 Å². The van der Waals surface area contributed by atoms with Crippen LogP contribution in [0.3, 0.4) is 0 Å². The number of ether oxygens (including phenoxy) is 4. The first kappa shape index (κ1) is 45.2. The standard InChI is InChI=1S/C45H58N4O12/c1-11-29(51)49-18-16-45(17-19-49)47-33-30-31-38(54)26(7)41-32(30)42(56)44(9,61-41)59-20-15-28(58-10)23(4)40(60-27(8)50)25(6)37(53)24(5)36(52)21(2)13-12-14-22(3)43(57)46-35(39(31)55)34(33)48-45/h12-15,20-21,23-25,28,36-37,40,52-55H,11,16-19H2,1-10H3,(H,46,57)/b13-12+,20-15+,22-14-. The van der Waals surface area contributed by atoms with Gasteiger partial charge in [0.05, 0.1) is 40.9 Å². The van der Waals surface area contributed by atoms with E-state index in [4.69, 9.17) is 28.9 Å². The van der Waals surface area contributed by atoms with Crippen molar-refractivity contribution in [2.45, 2.75) is 117 Å². The fourth-order valence-corrected chi connectivity index (χ4v) is 8.93. The molecular formula is C45H58N4O12. The Bertz CT molecular complexity index is 2350. The van der Waals surface area contributed by atoms with Crippen LogP contribution in [-0.4, -0.2) is 105 Å². The molecule has 0 aliphatic carbocycles. The van der Waals surface area contributed by atoms with E-state index >= 15 is 0 Å². The highest BCUT2D eigenvalue weighted by atomic mass is 16.7. The van der Waals surface area contributed by atoms with E-state index in [0.717, 1.165) is 0 Å². The van der Waals surface area contributed by atoms with Gasteiger partial charge < -0.3 is 49.6 Å². The van der Waals surface area contributed by atoms with Gasteiger partial charge in [-0.3, -0.25) is 29.2 Å². The highest BCUT2D eigenvalue weighted by Crippen LogP contribution is 2.50. The quantitative estimate of drug-likeness (QED) is 0.218. The molecule has 4 bridgehead atoms. The summed E-state index contributed by atoms with van der Waals surface area (Å²) in [7, 11) is 1.45. The number of anilines is 1. The van der Waals surface area contributed by atoms with Crippen LogP contribution < -0.4 is 20.8 Å². The minimum Gasteiger partial charge on any atom is -0.507 e. The molecule has 9 unspecified atom stereocenters. The summed E-state index contributed by atoms with van der Waals surface area (Å²) in [6, 6.07) is 0. The molecule has 0 saturated carbocycles. The first-order chi connectivity index (χ1) is 28.7. The van der Waals surface area contributed by atoms with Gasteiger partial charge >= 0.3 is 11.8 Å². The Hall–Kier alpha value is -5.32.